The van der Waals surface area contributed by atoms with Crippen LogP contribution >= 0.6 is 0 Å². The van der Waals surface area contributed by atoms with Gasteiger partial charge in [-0.25, -0.2) is 4.39 Å². The molecule has 4 heteroatoms. The summed E-state index contributed by atoms with van der Waals surface area (Å²) in [4.78, 5) is 11.4. The minimum Gasteiger partial charge on any atom is -0.351 e. The number of nitrogens with one attached hydrogen (secondary N) is 1. The standard InChI is InChI=1S/C11H11FN2O/c1-8-5-9(7-10(12)6-8)11(15)14-4-2-3-13/h5-7H,2,4H2,1H3,(H,14,15). The van der Waals surface area contributed by atoms with E-state index in [2.05, 4.69) is 5.32 Å². The number of halogens is 1. The van der Waals surface area contributed by atoms with E-state index in [-0.39, 0.29) is 24.4 Å². The highest BCUT2D eigenvalue weighted by atomic mass is 19.1. The topological polar surface area (TPSA) is 52.9 Å². The van der Waals surface area contributed by atoms with Gasteiger partial charge in [0.1, 0.15) is 5.82 Å². The molecule has 0 bridgehead atoms. The summed E-state index contributed by atoms with van der Waals surface area (Å²) in [6.07, 6.45) is 0.250. The Morgan fingerprint density at radius 1 is 1.53 bits per heavy atom. The number of carbonyl (C=O) groups excluding carboxylic acids is 1. The molecule has 0 spiro atoms. The van der Waals surface area contributed by atoms with E-state index in [4.69, 9.17) is 5.26 Å². The fourth-order valence-corrected chi connectivity index (χ4v) is 1.20. The summed E-state index contributed by atoms with van der Waals surface area (Å²) in [7, 11) is 0. The van der Waals surface area contributed by atoms with Crippen molar-refractivity contribution in [1.82, 2.24) is 5.32 Å². The van der Waals surface area contributed by atoms with E-state index in [1.54, 1.807) is 13.0 Å². The van der Waals surface area contributed by atoms with E-state index in [9.17, 15) is 9.18 Å². The molecular formula is C11H11FN2O. The second kappa shape index (κ2) is 5.11. The van der Waals surface area contributed by atoms with Gasteiger partial charge >= 0.3 is 0 Å². The zero-order valence-corrected chi connectivity index (χ0v) is 8.38. The van der Waals surface area contributed by atoms with Gasteiger partial charge in [0.05, 0.1) is 12.5 Å². The predicted molar refractivity (Wildman–Crippen MR) is 53.7 cm³/mol. The van der Waals surface area contributed by atoms with Crippen molar-refractivity contribution in [3.8, 4) is 6.07 Å². The summed E-state index contributed by atoms with van der Waals surface area (Å²) in [6.45, 7) is 2.00. The van der Waals surface area contributed by atoms with Crippen molar-refractivity contribution in [1.29, 1.82) is 5.26 Å². The summed E-state index contributed by atoms with van der Waals surface area (Å²) < 4.78 is 12.9. The first-order chi connectivity index (χ1) is 7.13. The van der Waals surface area contributed by atoms with Gasteiger partial charge in [0.25, 0.3) is 5.91 Å². The first-order valence-electron chi connectivity index (χ1n) is 4.56. The normalized spacial score (nSPS) is 9.40. The van der Waals surface area contributed by atoms with Crippen LogP contribution in [0.1, 0.15) is 22.3 Å². The van der Waals surface area contributed by atoms with Crippen molar-refractivity contribution in [2.24, 2.45) is 0 Å². The molecule has 1 amide bonds. The Hall–Kier alpha value is -1.89. The van der Waals surface area contributed by atoms with E-state index in [0.717, 1.165) is 0 Å². The van der Waals surface area contributed by atoms with Gasteiger partial charge in [-0.05, 0) is 30.7 Å². The second-order valence-electron chi connectivity index (χ2n) is 3.18. The maximum Gasteiger partial charge on any atom is 0.251 e. The minimum atomic E-state index is -0.430. The molecule has 15 heavy (non-hydrogen) atoms. The number of aryl methyl sites for hydroxylation is 1. The third-order valence-electron chi connectivity index (χ3n) is 1.83. The average molecular weight is 206 g/mol. The van der Waals surface area contributed by atoms with Crippen LogP contribution in [0.3, 0.4) is 0 Å². The molecule has 0 aromatic heterocycles. The molecule has 0 aliphatic carbocycles. The third kappa shape index (κ3) is 3.39. The lowest BCUT2D eigenvalue weighted by atomic mass is 10.1. The Bertz CT molecular complexity index is 389. The molecule has 1 rings (SSSR count). The highest BCUT2D eigenvalue weighted by Gasteiger charge is 2.06. The van der Waals surface area contributed by atoms with Gasteiger partial charge in [-0.2, -0.15) is 5.26 Å². The van der Waals surface area contributed by atoms with E-state index >= 15 is 0 Å². The number of carbonyl (C=O) groups is 1. The summed E-state index contributed by atoms with van der Waals surface area (Å²) in [6, 6.07) is 6.04. The molecule has 0 saturated carbocycles. The van der Waals surface area contributed by atoms with Gasteiger partial charge < -0.3 is 5.32 Å². The lowest BCUT2D eigenvalue weighted by Crippen LogP contribution is -2.24. The van der Waals surface area contributed by atoms with Gasteiger partial charge in [0.2, 0.25) is 0 Å². The Balaban J connectivity index is 2.70. The largest absolute Gasteiger partial charge is 0.351 e. The molecule has 0 unspecified atom stereocenters. The Morgan fingerprint density at radius 3 is 2.87 bits per heavy atom. The van der Waals surface area contributed by atoms with E-state index in [0.29, 0.717) is 5.56 Å². The monoisotopic (exact) mass is 206 g/mol. The molecule has 1 aromatic rings. The quantitative estimate of drug-likeness (QED) is 0.766. The molecular weight excluding hydrogens is 195 g/mol. The number of nitriles is 1. The van der Waals surface area contributed by atoms with Gasteiger partial charge in [-0.15, -0.1) is 0 Å². The first-order valence-corrected chi connectivity index (χ1v) is 4.56. The fourth-order valence-electron chi connectivity index (χ4n) is 1.20. The number of nitrogens with zero attached hydrogens (tertiary/aromatic N) is 1. The lowest BCUT2D eigenvalue weighted by Gasteiger charge is -2.03. The molecule has 3 nitrogen and oxygen atoms in total. The summed E-state index contributed by atoms with van der Waals surface area (Å²) >= 11 is 0. The van der Waals surface area contributed by atoms with Gasteiger partial charge in [-0.3, -0.25) is 4.79 Å². The molecule has 1 aromatic carbocycles. The third-order valence-corrected chi connectivity index (χ3v) is 1.83. The number of hydrogen-bond acceptors (Lipinski definition) is 2. The van der Waals surface area contributed by atoms with Crippen LogP contribution in [0.2, 0.25) is 0 Å². The Labute approximate surface area is 87.5 Å². The number of hydrogen-bond donors (Lipinski definition) is 1. The molecule has 0 atom stereocenters. The van der Waals surface area contributed by atoms with Crippen LogP contribution in [0.5, 0.6) is 0 Å². The van der Waals surface area contributed by atoms with Crippen LogP contribution in [0, 0.1) is 24.1 Å². The molecule has 1 N–H and O–H groups in total. The van der Waals surface area contributed by atoms with Crippen LogP contribution in [-0.4, -0.2) is 12.5 Å². The van der Waals surface area contributed by atoms with E-state index < -0.39 is 5.82 Å². The van der Waals surface area contributed by atoms with Crippen molar-refractivity contribution in [2.75, 3.05) is 6.54 Å². The van der Waals surface area contributed by atoms with Crippen molar-refractivity contribution >= 4 is 5.91 Å². The van der Waals surface area contributed by atoms with Crippen LogP contribution in [-0.2, 0) is 0 Å². The van der Waals surface area contributed by atoms with Crippen LogP contribution in [0.25, 0.3) is 0 Å². The maximum atomic E-state index is 12.9. The summed E-state index contributed by atoms with van der Waals surface area (Å²) in [5.74, 6) is -0.784. The molecule has 0 aliphatic heterocycles. The highest BCUT2D eigenvalue weighted by molar-refractivity contribution is 5.94. The zero-order valence-electron chi connectivity index (χ0n) is 8.38. The molecule has 0 radical (unpaired) electrons. The Morgan fingerprint density at radius 2 is 2.27 bits per heavy atom. The van der Waals surface area contributed by atoms with Crippen LogP contribution < -0.4 is 5.32 Å². The fraction of sp³-hybridized carbons (Fsp3) is 0.273. The van der Waals surface area contributed by atoms with Crippen LogP contribution in [0.15, 0.2) is 18.2 Å². The number of benzene rings is 1. The van der Waals surface area contributed by atoms with Crippen molar-refractivity contribution in [3.05, 3.63) is 35.1 Å². The summed E-state index contributed by atoms with van der Waals surface area (Å²) in [5.41, 5.74) is 0.978. The lowest BCUT2D eigenvalue weighted by molar-refractivity contribution is 0.0954. The molecule has 0 saturated heterocycles. The molecule has 0 heterocycles. The van der Waals surface area contributed by atoms with Gasteiger partial charge in [0.15, 0.2) is 0 Å². The maximum absolute atomic E-state index is 12.9. The van der Waals surface area contributed by atoms with Gasteiger partial charge in [0, 0.05) is 12.1 Å². The van der Waals surface area contributed by atoms with Crippen molar-refractivity contribution in [2.45, 2.75) is 13.3 Å². The minimum absolute atomic E-state index is 0.250. The average Bonchev–Trinajstić information content (AvgIpc) is 2.16. The first kappa shape index (κ1) is 11.2. The zero-order chi connectivity index (χ0) is 11.3. The SMILES string of the molecule is Cc1cc(F)cc(C(=O)NCCC#N)c1. The number of amides is 1. The second-order valence-corrected chi connectivity index (χ2v) is 3.18. The molecule has 0 aliphatic rings. The Kier molecular flexibility index (Phi) is 3.81. The highest BCUT2D eigenvalue weighted by Crippen LogP contribution is 2.07. The molecule has 78 valence electrons. The van der Waals surface area contributed by atoms with Gasteiger partial charge in [-0.1, -0.05) is 0 Å². The van der Waals surface area contributed by atoms with E-state index in [1.807, 2.05) is 6.07 Å². The van der Waals surface area contributed by atoms with Crippen molar-refractivity contribution in [3.63, 3.8) is 0 Å². The predicted octanol–water partition coefficient (Wildman–Crippen LogP) is 1.78. The van der Waals surface area contributed by atoms with Crippen LogP contribution in [0.4, 0.5) is 4.39 Å². The smallest absolute Gasteiger partial charge is 0.251 e. The van der Waals surface area contributed by atoms with E-state index in [1.165, 1.54) is 12.1 Å². The van der Waals surface area contributed by atoms with Crippen molar-refractivity contribution < 1.29 is 9.18 Å². The number of rotatable bonds is 3. The summed E-state index contributed by atoms with van der Waals surface area (Å²) in [5, 5.41) is 10.8. The molecule has 0 fully saturated rings.